The minimum atomic E-state index is -0.534. The second-order valence-corrected chi connectivity index (χ2v) is 8.67. The lowest BCUT2D eigenvalue weighted by Crippen LogP contribution is -2.42. The molecule has 0 fully saturated rings. The number of carbonyl (C=O) groups is 2. The minimum absolute atomic E-state index is 0.199. The molecule has 0 saturated carbocycles. The molecule has 0 saturated heterocycles. The number of hydrogen-bond acceptors (Lipinski definition) is 6. The van der Waals surface area contributed by atoms with Crippen molar-refractivity contribution < 1.29 is 28.2 Å². The molecule has 0 unspecified atom stereocenters. The number of hydrazone groups is 1. The van der Waals surface area contributed by atoms with E-state index in [1.165, 1.54) is 23.1 Å². The van der Waals surface area contributed by atoms with Crippen LogP contribution in [0.5, 0.6) is 11.5 Å². The van der Waals surface area contributed by atoms with Crippen LogP contribution in [0.15, 0.2) is 77.9 Å². The maximum absolute atomic E-state index is 14.7. The smallest absolute Gasteiger partial charge is 0.262 e. The first-order valence-corrected chi connectivity index (χ1v) is 12.2. The van der Waals surface area contributed by atoms with Gasteiger partial charge in [0.25, 0.3) is 11.8 Å². The highest BCUT2D eigenvalue weighted by molar-refractivity contribution is 6.04. The Hall–Kier alpha value is -4.24. The van der Waals surface area contributed by atoms with Gasteiger partial charge in [-0.25, -0.2) is 9.40 Å². The molecule has 4 rings (SSSR count). The predicted molar refractivity (Wildman–Crippen MR) is 141 cm³/mol. The summed E-state index contributed by atoms with van der Waals surface area (Å²) in [6.45, 7) is 0.201. The van der Waals surface area contributed by atoms with Crippen molar-refractivity contribution in [3.63, 3.8) is 0 Å². The van der Waals surface area contributed by atoms with Crippen molar-refractivity contribution in [2.24, 2.45) is 5.10 Å². The molecule has 1 atom stereocenters. The zero-order chi connectivity index (χ0) is 27.1. The maximum atomic E-state index is 14.7. The monoisotopic (exact) mass is 519 g/mol. The van der Waals surface area contributed by atoms with Gasteiger partial charge in [-0.3, -0.25) is 9.59 Å². The summed E-state index contributed by atoms with van der Waals surface area (Å²) in [5.41, 5.74) is 1.92. The molecule has 198 valence electrons. The molecule has 0 aliphatic carbocycles. The standard InChI is InChI=1S/C29H30FN3O5/c1-36-17-16-32(29(35)20-12-14-21(37-2)15-13-20)19-28(34)33-26(23-9-5-7-11-27(23)38-3)18-25(31-33)22-8-4-6-10-24(22)30/h4-15,26H,16-19H2,1-3H3/t26-/m1/s1. The third kappa shape index (κ3) is 5.84. The normalized spacial score (nSPS) is 14.7. The van der Waals surface area contributed by atoms with Crippen molar-refractivity contribution in [1.29, 1.82) is 0 Å². The fourth-order valence-corrected chi connectivity index (χ4v) is 4.39. The third-order valence-corrected chi connectivity index (χ3v) is 6.36. The fourth-order valence-electron chi connectivity index (χ4n) is 4.39. The van der Waals surface area contributed by atoms with Crippen LogP contribution in [0.2, 0.25) is 0 Å². The highest BCUT2D eigenvalue weighted by Crippen LogP contribution is 2.37. The number of ether oxygens (including phenoxy) is 3. The Morgan fingerprint density at radius 3 is 2.37 bits per heavy atom. The summed E-state index contributed by atoms with van der Waals surface area (Å²) in [6.07, 6.45) is 0.289. The van der Waals surface area contributed by atoms with Crippen molar-refractivity contribution in [3.05, 3.63) is 95.3 Å². The molecule has 1 heterocycles. The van der Waals surface area contributed by atoms with Crippen molar-refractivity contribution in [2.75, 3.05) is 41.0 Å². The Balaban J connectivity index is 1.66. The molecule has 3 aromatic rings. The molecule has 2 amide bonds. The number of methoxy groups -OCH3 is 3. The van der Waals surface area contributed by atoms with Crippen LogP contribution in [-0.2, 0) is 9.53 Å². The second kappa shape index (κ2) is 12.3. The van der Waals surface area contributed by atoms with Crippen molar-refractivity contribution in [3.8, 4) is 11.5 Å². The van der Waals surface area contributed by atoms with Crippen LogP contribution in [0, 0.1) is 5.82 Å². The average molecular weight is 520 g/mol. The molecule has 1 aliphatic rings. The Kier molecular flexibility index (Phi) is 8.70. The molecule has 38 heavy (non-hydrogen) atoms. The van der Waals surface area contributed by atoms with Gasteiger partial charge in [0.2, 0.25) is 0 Å². The lowest BCUT2D eigenvalue weighted by Gasteiger charge is -2.27. The van der Waals surface area contributed by atoms with Gasteiger partial charge in [0.1, 0.15) is 23.9 Å². The van der Waals surface area contributed by atoms with Gasteiger partial charge in [-0.1, -0.05) is 36.4 Å². The van der Waals surface area contributed by atoms with Crippen LogP contribution in [0.25, 0.3) is 0 Å². The second-order valence-electron chi connectivity index (χ2n) is 8.67. The van der Waals surface area contributed by atoms with E-state index >= 15 is 0 Å². The van der Waals surface area contributed by atoms with Crippen LogP contribution in [0.3, 0.4) is 0 Å². The van der Waals surface area contributed by atoms with E-state index in [-0.39, 0.29) is 32.0 Å². The summed E-state index contributed by atoms with van der Waals surface area (Å²) in [5, 5.41) is 5.89. The van der Waals surface area contributed by atoms with Crippen LogP contribution in [0.1, 0.15) is 33.9 Å². The van der Waals surface area contributed by atoms with E-state index < -0.39 is 17.8 Å². The van der Waals surface area contributed by atoms with E-state index in [1.807, 2.05) is 18.2 Å². The third-order valence-electron chi connectivity index (χ3n) is 6.36. The lowest BCUT2D eigenvalue weighted by atomic mass is 9.97. The largest absolute Gasteiger partial charge is 0.497 e. The zero-order valence-corrected chi connectivity index (χ0v) is 21.6. The Labute approximate surface area is 221 Å². The number of para-hydroxylation sites is 1. The predicted octanol–water partition coefficient (Wildman–Crippen LogP) is 4.31. The van der Waals surface area contributed by atoms with E-state index in [1.54, 1.807) is 62.8 Å². The maximum Gasteiger partial charge on any atom is 0.262 e. The summed E-state index contributed by atoms with van der Waals surface area (Å²) in [6, 6.07) is 19.8. The van der Waals surface area contributed by atoms with Crippen LogP contribution < -0.4 is 9.47 Å². The molecule has 9 heteroatoms. The first-order chi connectivity index (χ1) is 18.5. The summed E-state index contributed by atoms with van der Waals surface area (Å²) >= 11 is 0. The molecule has 3 aromatic carbocycles. The first-order valence-electron chi connectivity index (χ1n) is 12.2. The Bertz CT molecular complexity index is 1310. The van der Waals surface area contributed by atoms with Crippen LogP contribution in [-0.4, -0.2) is 68.5 Å². The molecular weight excluding hydrogens is 489 g/mol. The van der Waals surface area contributed by atoms with Gasteiger partial charge in [-0.05, 0) is 36.4 Å². The summed E-state index contributed by atoms with van der Waals surface area (Å²) in [7, 11) is 4.63. The highest BCUT2D eigenvalue weighted by atomic mass is 19.1. The molecule has 1 aliphatic heterocycles. The van der Waals surface area contributed by atoms with Crippen LogP contribution >= 0.6 is 0 Å². The molecule has 0 N–H and O–H groups in total. The summed E-state index contributed by atoms with van der Waals surface area (Å²) in [5.74, 6) is 0.0453. The van der Waals surface area contributed by atoms with Crippen LogP contribution in [0.4, 0.5) is 4.39 Å². The van der Waals surface area contributed by atoms with Gasteiger partial charge in [0.05, 0.1) is 32.6 Å². The SMILES string of the molecule is COCCN(CC(=O)N1N=C(c2ccccc2F)C[C@@H]1c1ccccc1OC)C(=O)c1ccc(OC)cc1. The molecule has 0 spiro atoms. The number of benzene rings is 3. The highest BCUT2D eigenvalue weighted by Gasteiger charge is 2.36. The molecule has 0 radical (unpaired) electrons. The van der Waals surface area contributed by atoms with Crippen molar-refractivity contribution >= 4 is 17.5 Å². The fraction of sp³-hybridized carbons (Fsp3) is 0.276. The topological polar surface area (TPSA) is 80.7 Å². The Morgan fingerprint density at radius 1 is 0.974 bits per heavy atom. The lowest BCUT2D eigenvalue weighted by molar-refractivity contribution is -0.133. The zero-order valence-electron chi connectivity index (χ0n) is 21.6. The number of rotatable bonds is 10. The molecule has 8 nitrogen and oxygen atoms in total. The first kappa shape index (κ1) is 26.8. The van der Waals surface area contributed by atoms with Gasteiger partial charge in [0, 0.05) is 36.8 Å². The van der Waals surface area contributed by atoms with Gasteiger partial charge < -0.3 is 19.1 Å². The van der Waals surface area contributed by atoms with Gasteiger partial charge >= 0.3 is 0 Å². The summed E-state index contributed by atoms with van der Waals surface area (Å²) < 4.78 is 30.6. The number of hydrogen-bond donors (Lipinski definition) is 0. The minimum Gasteiger partial charge on any atom is -0.497 e. The van der Waals surface area contributed by atoms with E-state index in [0.717, 1.165) is 5.56 Å². The van der Waals surface area contributed by atoms with E-state index in [0.29, 0.717) is 28.3 Å². The van der Waals surface area contributed by atoms with Gasteiger partial charge in [-0.2, -0.15) is 5.10 Å². The van der Waals surface area contributed by atoms with E-state index in [2.05, 4.69) is 5.10 Å². The number of carbonyl (C=O) groups excluding carboxylic acids is 2. The number of nitrogens with zero attached hydrogens (tertiary/aromatic N) is 3. The Morgan fingerprint density at radius 2 is 1.68 bits per heavy atom. The number of amides is 2. The quantitative estimate of drug-likeness (QED) is 0.399. The number of halogens is 1. The molecule has 0 aromatic heterocycles. The van der Waals surface area contributed by atoms with Crippen molar-refractivity contribution in [2.45, 2.75) is 12.5 Å². The van der Waals surface area contributed by atoms with E-state index in [4.69, 9.17) is 14.2 Å². The van der Waals surface area contributed by atoms with E-state index in [9.17, 15) is 14.0 Å². The van der Waals surface area contributed by atoms with Gasteiger partial charge in [0.15, 0.2) is 0 Å². The van der Waals surface area contributed by atoms with Gasteiger partial charge in [-0.15, -0.1) is 0 Å². The average Bonchev–Trinajstić information content (AvgIpc) is 3.40. The molecule has 0 bridgehead atoms. The summed E-state index contributed by atoms with van der Waals surface area (Å²) in [4.78, 5) is 28.5. The van der Waals surface area contributed by atoms with Crippen molar-refractivity contribution in [1.82, 2.24) is 9.91 Å². The molecular formula is C29H30FN3O5.